The molecule has 2 saturated heterocycles. The first-order valence-corrected chi connectivity index (χ1v) is 18.7. The van der Waals surface area contributed by atoms with Gasteiger partial charge in [0.25, 0.3) is 0 Å². The molecule has 38 heavy (non-hydrogen) atoms. The number of thiocarbonyl (C=S) groups is 4. The van der Waals surface area contributed by atoms with Crippen LogP contribution in [0.1, 0.15) is 86.0 Å². The predicted octanol–water partition coefficient (Wildman–Crippen LogP) is 9.47. The maximum atomic E-state index is 5.94. The minimum absolute atomic E-state index is 0.0151. The van der Waals surface area contributed by atoms with Crippen molar-refractivity contribution in [2.45, 2.75) is 97.1 Å². The molecule has 0 aromatic carbocycles. The molecule has 0 saturated carbocycles. The molecule has 9 heteroatoms. The molecule has 3 aliphatic heterocycles. The lowest BCUT2D eigenvalue weighted by atomic mass is 9.91. The van der Waals surface area contributed by atoms with Gasteiger partial charge in [-0.1, -0.05) is 67.8 Å². The summed E-state index contributed by atoms with van der Waals surface area (Å²) in [7, 11) is 0. The van der Waals surface area contributed by atoms with Gasteiger partial charge in [-0.3, -0.25) is 0 Å². The van der Waals surface area contributed by atoms with E-state index in [1.54, 1.807) is 5.49 Å². The van der Waals surface area contributed by atoms with Crippen LogP contribution in [0.5, 0.6) is 0 Å². The van der Waals surface area contributed by atoms with Gasteiger partial charge >= 0.3 is 0 Å². The number of nitrogens with zero attached hydrogens (tertiary/aromatic N) is 2. The van der Waals surface area contributed by atoms with Gasteiger partial charge < -0.3 is 9.80 Å². The highest BCUT2D eigenvalue weighted by Gasteiger charge is 2.40. The van der Waals surface area contributed by atoms with Crippen molar-refractivity contribution < 1.29 is 0 Å². The van der Waals surface area contributed by atoms with Crippen molar-refractivity contribution in [1.82, 2.24) is 9.80 Å². The second-order valence-corrected chi connectivity index (χ2v) is 16.6. The van der Waals surface area contributed by atoms with Crippen molar-refractivity contribution in [2.24, 2.45) is 11.8 Å². The van der Waals surface area contributed by atoms with Crippen LogP contribution in [-0.2, 0) is 0 Å². The molecule has 0 bridgehead atoms. The summed E-state index contributed by atoms with van der Waals surface area (Å²) in [6.45, 7) is 11.3. The third-order valence-corrected chi connectivity index (χ3v) is 13.0. The van der Waals surface area contributed by atoms with Gasteiger partial charge in [0.05, 0.1) is 15.5 Å². The largest absolute Gasteiger partial charge is 0.327 e. The summed E-state index contributed by atoms with van der Waals surface area (Å²) in [6, 6.07) is 0. The van der Waals surface area contributed by atoms with Crippen LogP contribution in [-0.4, -0.2) is 64.3 Å². The third kappa shape index (κ3) is 8.28. The first-order chi connectivity index (χ1) is 18.0. The Hall–Kier alpha value is 0.490. The summed E-state index contributed by atoms with van der Waals surface area (Å²) in [6.07, 6.45) is 13.8. The number of hydrogen-bond donors (Lipinski definition) is 0. The molecule has 0 spiro atoms. The van der Waals surface area contributed by atoms with E-state index < -0.39 is 0 Å². The highest BCUT2D eigenvalue weighted by Crippen LogP contribution is 2.43. The Labute approximate surface area is 266 Å². The fraction of sp³-hybridized carbons (Fsp3) is 0.724. The fourth-order valence-corrected chi connectivity index (χ4v) is 11.3. The van der Waals surface area contributed by atoms with Gasteiger partial charge in [0, 0.05) is 22.9 Å². The van der Waals surface area contributed by atoms with E-state index in [9.17, 15) is 0 Å². The summed E-state index contributed by atoms with van der Waals surface area (Å²) in [4.78, 5) is 10.3. The summed E-state index contributed by atoms with van der Waals surface area (Å²) in [5.41, 5.74) is 1.74. The van der Waals surface area contributed by atoms with Gasteiger partial charge in [0.1, 0.15) is 4.99 Å². The van der Waals surface area contributed by atoms with E-state index in [-0.39, 0.29) is 11.1 Å². The first kappa shape index (κ1) is 33.0. The maximum absolute atomic E-state index is 5.94. The van der Waals surface area contributed by atoms with Crippen LogP contribution in [0.4, 0.5) is 0 Å². The van der Waals surface area contributed by atoms with Crippen LogP contribution in [0.15, 0.2) is 22.0 Å². The molecule has 0 aromatic heterocycles. The Morgan fingerprint density at radius 1 is 1.05 bits per heavy atom. The number of fused-ring (bicyclic) bond motifs is 1. The number of thioether (sulfide) groups is 3. The molecule has 0 amide bonds. The van der Waals surface area contributed by atoms with Crippen molar-refractivity contribution in [3.63, 3.8) is 0 Å². The molecule has 3 aliphatic rings. The zero-order valence-electron chi connectivity index (χ0n) is 23.6. The molecule has 2 unspecified atom stereocenters. The SMILES string of the molecule is C/C=C1/SCCC1C(=S)N(C=S)C(C)(C)CCCCSCCCCC(C)(C)N1C(=S)C=C2SCCC2C1=S. The summed E-state index contributed by atoms with van der Waals surface area (Å²) >= 11 is 29.0. The second-order valence-electron chi connectivity index (χ2n) is 11.6. The molecule has 0 aromatic rings. The normalized spacial score (nSPS) is 23.1. The Morgan fingerprint density at radius 2 is 1.71 bits per heavy atom. The fourth-order valence-electron chi connectivity index (χ4n) is 5.56. The van der Waals surface area contributed by atoms with Crippen LogP contribution in [0.25, 0.3) is 0 Å². The van der Waals surface area contributed by atoms with Crippen LogP contribution in [0.3, 0.4) is 0 Å². The minimum Gasteiger partial charge on any atom is -0.327 e. The number of unbranched alkanes of at least 4 members (excludes halogenated alkanes) is 2. The molecular formula is C29H44N2S7. The summed E-state index contributed by atoms with van der Waals surface area (Å²) < 4.78 is 0. The molecule has 2 fully saturated rings. The Bertz CT molecular complexity index is 953. The molecule has 3 rings (SSSR count). The molecular weight excluding hydrogens is 601 g/mol. The number of allylic oxidation sites excluding steroid dienone is 1. The molecule has 2 atom stereocenters. The number of hydrogen-bond acceptors (Lipinski definition) is 7. The maximum Gasteiger partial charge on any atom is 0.108 e. The van der Waals surface area contributed by atoms with Crippen molar-refractivity contribution in [3.8, 4) is 0 Å². The number of rotatable bonds is 14. The third-order valence-electron chi connectivity index (χ3n) is 7.88. The van der Waals surface area contributed by atoms with Gasteiger partial charge in [-0.25, -0.2) is 0 Å². The Kier molecular flexibility index (Phi) is 13.1. The lowest BCUT2D eigenvalue weighted by Crippen LogP contribution is -2.53. The standard InChI is InChI=1S/C29H44N2S7/c1-6-23-21(11-17-37-23)26(34)30(20-32)28(2,3)13-7-9-15-36-16-10-8-14-29(4,5)31-25(33)19-24-22(27(31)35)12-18-38-24/h6,19-22H,7-18H2,1-5H3/b23-6+. The van der Waals surface area contributed by atoms with Gasteiger partial charge in [-0.05, 0) is 112 Å². The lowest BCUT2D eigenvalue weighted by molar-refractivity contribution is 0.280. The van der Waals surface area contributed by atoms with Crippen molar-refractivity contribution >= 4 is 105 Å². The lowest BCUT2D eigenvalue weighted by Gasteiger charge is -2.44. The Balaban J connectivity index is 1.32. The zero-order valence-corrected chi connectivity index (χ0v) is 29.3. The highest BCUT2D eigenvalue weighted by molar-refractivity contribution is 8.03. The van der Waals surface area contributed by atoms with Gasteiger partial charge in [0.15, 0.2) is 0 Å². The quantitative estimate of drug-likeness (QED) is 0.134. The topological polar surface area (TPSA) is 6.48 Å². The van der Waals surface area contributed by atoms with Gasteiger partial charge in [-0.15, -0.1) is 23.5 Å². The van der Waals surface area contributed by atoms with Crippen molar-refractivity contribution in [1.29, 1.82) is 0 Å². The van der Waals surface area contributed by atoms with Crippen LogP contribution >= 0.6 is 84.2 Å². The van der Waals surface area contributed by atoms with Crippen molar-refractivity contribution in [2.75, 3.05) is 23.0 Å². The van der Waals surface area contributed by atoms with Crippen LogP contribution in [0.2, 0.25) is 0 Å². The smallest absolute Gasteiger partial charge is 0.108 e. The molecule has 3 heterocycles. The minimum atomic E-state index is -0.0378. The van der Waals surface area contributed by atoms with Gasteiger partial charge in [0.2, 0.25) is 0 Å². The summed E-state index contributed by atoms with van der Waals surface area (Å²) in [5.74, 6) is 5.53. The first-order valence-electron chi connectivity index (χ1n) is 13.9. The van der Waals surface area contributed by atoms with Crippen LogP contribution < -0.4 is 0 Å². The average molecular weight is 645 g/mol. The van der Waals surface area contributed by atoms with E-state index in [1.807, 2.05) is 23.5 Å². The van der Waals surface area contributed by atoms with E-state index in [0.717, 1.165) is 52.2 Å². The van der Waals surface area contributed by atoms with E-state index >= 15 is 0 Å². The van der Waals surface area contributed by atoms with E-state index in [0.29, 0.717) is 11.8 Å². The average Bonchev–Trinajstić information content (AvgIpc) is 3.52. The highest BCUT2D eigenvalue weighted by atomic mass is 32.2. The van der Waals surface area contributed by atoms with E-state index in [1.165, 1.54) is 47.0 Å². The van der Waals surface area contributed by atoms with E-state index in [4.69, 9.17) is 48.9 Å². The second kappa shape index (κ2) is 15.1. The monoisotopic (exact) mass is 644 g/mol. The molecule has 212 valence electrons. The van der Waals surface area contributed by atoms with Crippen LogP contribution in [0, 0.1) is 11.8 Å². The summed E-state index contributed by atoms with van der Waals surface area (Å²) in [5, 5.41) is 0. The van der Waals surface area contributed by atoms with Crippen molar-refractivity contribution in [3.05, 3.63) is 22.0 Å². The Morgan fingerprint density at radius 3 is 2.37 bits per heavy atom. The zero-order chi connectivity index (χ0) is 27.9. The molecule has 0 radical (unpaired) electrons. The molecule has 0 N–H and O–H groups in total. The molecule has 2 nitrogen and oxygen atoms in total. The van der Waals surface area contributed by atoms with Gasteiger partial charge in [-0.2, -0.15) is 11.8 Å². The van der Waals surface area contributed by atoms with E-state index in [2.05, 4.69) is 68.3 Å². The predicted molar refractivity (Wildman–Crippen MR) is 191 cm³/mol. The molecule has 0 aliphatic carbocycles.